The number of aromatic nitrogens is 4. The molecule has 5 N–H and O–H groups in total. The second-order valence-electron chi connectivity index (χ2n) is 10.1. The number of carbonyl (C=O) groups excluding carboxylic acids is 1. The first-order chi connectivity index (χ1) is 19.4. The van der Waals surface area contributed by atoms with Crippen molar-refractivity contribution in [1.29, 1.82) is 0 Å². The van der Waals surface area contributed by atoms with E-state index in [0.717, 1.165) is 11.1 Å². The van der Waals surface area contributed by atoms with Gasteiger partial charge >= 0.3 is 6.09 Å². The number of amides is 1. The van der Waals surface area contributed by atoms with Crippen LogP contribution in [0.25, 0.3) is 22.3 Å². The first-order valence-electron chi connectivity index (χ1n) is 13.1. The molecule has 40 heavy (non-hydrogen) atoms. The van der Waals surface area contributed by atoms with E-state index in [2.05, 4.69) is 44.5 Å². The van der Waals surface area contributed by atoms with Gasteiger partial charge in [0.05, 0.1) is 6.33 Å². The first kappa shape index (κ1) is 26.1. The maximum atomic E-state index is 12.5. The maximum absolute atomic E-state index is 12.5. The summed E-state index contributed by atoms with van der Waals surface area (Å²) in [7, 11) is 1.84. The summed E-state index contributed by atoms with van der Waals surface area (Å²) in [6.45, 7) is 1.39. The Morgan fingerprint density at radius 3 is 2.50 bits per heavy atom. The number of ether oxygens (including phenoxy) is 2. The van der Waals surface area contributed by atoms with Crippen molar-refractivity contribution in [3.05, 3.63) is 72.3 Å². The van der Waals surface area contributed by atoms with E-state index in [0.29, 0.717) is 30.8 Å². The Morgan fingerprint density at radius 2 is 1.77 bits per heavy atom. The van der Waals surface area contributed by atoms with E-state index in [-0.39, 0.29) is 18.3 Å². The molecule has 1 aliphatic carbocycles. The summed E-state index contributed by atoms with van der Waals surface area (Å²) in [5, 5.41) is 24.1. The van der Waals surface area contributed by atoms with Gasteiger partial charge in [0.15, 0.2) is 17.7 Å². The lowest BCUT2D eigenvalue weighted by molar-refractivity contribution is -0.0420. The molecule has 2 aromatic carbocycles. The topological polar surface area (TPSA) is 161 Å². The molecule has 208 valence electrons. The molecule has 2 aromatic heterocycles. The number of fused-ring (bicyclic) bond motifs is 4. The van der Waals surface area contributed by atoms with Crippen LogP contribution in [0.4, 0.5) is 10.6 Å². The summed E-state index contributed by atoms with van der Waals surface area (Å²) in [6, 6.07) is 16.4. The quantitative estimate of drug-likeness (QED) is 0.255. The Bertz CT molecular complexity index is 1480. The highest BCUT2D eigenvalue weighted by Gasteiger charge is 2.44. The Morgan fingerprint density at radius 1 is 1.07 bits per heavy atom. The molecule has 2 unspecified atom stereocenters. The summed E-state index contributed by atoms with van der Waals surface area (Å²) < 4.78 is 13.1. The number of carbonyl (C=O) groups is 1. The highest BCUT2D eigenvalue weighted by Crippen LogP contribution is 2.44. The molecule has 1 amide bonds. The van der Waals surface area contributed by atoms with Crippen LogP contribution >= 0.6 is 0 Å². The number of aliphatic hydroxyl groups is 2. The molecular weight excluding hydrogens is 514 g/mol. The number of imidazole rings is 1. The molecule has 1 fully saturated rings. The van der Waals surface area contributed by atoms with Crippen LogP contribution in [0.1, 0.15) is 23.3 Å². The zero-order valence-corrected chi connectivity index (χ0v) is 21.9. The Balaban J connectivity index is 0.989. The number of alkyl carbamates (subject to hydrolysis) is 1. The van der Waals surface area contributed by atoms with Crippen molar-refractivity contribution < 1.29 is 24.5 Å². The predicted molar refractivity (Wildman–Crippen MR) is 146 cm³/mol. The molecule has 2 aliphatic rings. The number of likely N-dealkylation sites (N-methyl/N-ethyl adjacent to an activating group) is 1. The smallest absolute Gasteiger partial charge is 0.407 e. The normalized spacial score (nSPS) is 22.0. The monoisotopic (exact) mass is 545 g/mol. The number of nitrogens with two attached hydrogens (primary N) is 1. The van der Waals surface area contributed by atoms with Crippen molar-refractivity contribution in [2.45, 2.75) is 30.5 Å². The van der Waals surface area contributed by atoms with Crippen molar-refractivity contribution >= 4 is 23.1 Å². The zero-order valence-electron chi connectivity index (χ0n) is 21.9. The number of rotatable bonds is 8. The number of hydrogen-bond acceptors (Lipinski definition) is 10. The van der Waals surface area contributed by atoms with Gasteiger partial charge < -0.3 is 35.6 Å². The lowest BCUT2D eigenvalue weighted by Crippen LogP contribution is -2.41. The fraction of sp³-hybridized carbons (Fsp3) is 0.357. The molecule has 0 radical (unpaired) electrons. The van der Waals surface area contributed by atoms with Gasteiger partial charge in [-0.3, -0.25) is 4.57 Å². The molecule has 12 heteroatoms. The number of nitrogens with zero attached hydrogens (tertiary/aromatic N) is 5. The molecule has 0 spiro atoms. The van der Waals surface area contributed by atoms with E-state index in [1.807, 2.05) is 36.2 Å². The predicted octanol–water partition coefficient (Wildman–Crippen LogP) is 1.50. The van der Waals surface area contributed by atoms with Gasteiger partial charge in [-0.25, -0.2) is 19.7 Å². The van der Waals surface area contributed by atoms with Crippen LogP contribution in [0.15, 0.2) is 61.2 Å². The van der Waals surface area contributed by atoms with Crippen LogP contribution in [0.5, 0.6) is 0 Å². The Kier molecular flexibility index (Phi) is 7.07. The number of anilines is 1. The average molecular weight is 546 g/mol. The summed E-state index contributed by atoms with van der Waals surface area (Å²) in [4.78, 5) is 26.7. The molecule has 0 bridgehead atoms. The van der Waals surface area contributed by atoms with Crippen LogP contribution in [0.2, 0.25) is 0 Å². The first-order valence-corrected chi connectivity index (χ1v) is 13.1. The molecule has 0 saturated carbocycles. The minimum absolute atomic E-state index is 0.00304. The highest BCUT2D eigenvalue weighted by molar-refractivity contribution is 5.81. The van der Waals surface area contributed by atoms with Crippen molar-refractivity contribution in [2.24, 2.45) is 0 Å². The maximum Gasteiger partial charge on any atom is 0.407 e. The minimum atomic E-state index is -1.19. The minimum Gasteiger partial charge on any atom is -0.449 e. The standard InChI is InChI=1S/C28H31N7O5/c1-34(12-21-23(36)24(37)27(40-21)35-15-33-22-25(29)31-14-32-26(22)35)11-10-30-28(38)39-13-20-18-8-4-2-6-16(18)17-7-3-5-9-19(17)20/h2-9,14-15,20-21,23-24,27,36-37H,10-13H2,1H3,(H,30,38)(H2,29,31,32)/t21?,23-,24?,27-/m1/s1. The van der Waals surface area contributed by atoms with Crippen molar-refractivity contribution in [1.82, 2.24) is 29.7 Å². The summed E-state index contributed by atoms with van der Waals surface area (Å²) in [5.74, 6) is 0.216. The number of nitrogens with one attached hydrogen (secondary N) is 1. The lowest BCUT2D eigenvalue weighted by atomic mass is 9.98. The number of benzene rings is 2. The summed E-state index contributed by atoms with van der Waals surface area (Å²) in [6.07, 6.45) is -1.59. The number of aliphatic hydroxyl groups excluding tert-OH is 2. The van der Waals surface area contributed by atoms with Gasteiger partial charge in [0.2, 0.25) is 0 Å². The van der Waals surface area contributed by atoms with Gasteiger partial charge in [0, 0.05) is 25.6 Å². The van der Waals surface area contributed by atoms with Crippen LogP contribution in [-0.4, -0.2) is 92.3 Å². The number of nitrogen functional groups attached to an aromatic ring is 1. The van der Waals surface area contributed by atoms with E-state index < -0.39 is 30.6 Å². The van der Waals surface area contributed by atoms with Crippen LogP contribution in [-0.2, 0) is 9.47 Å². The fourth-order valence-corrected chi connectivity index (χ4v) is 5.56. The van der Waals surface area contributed by atoms with Crippen LogP contribution < -0.4 is 11.1 Å². The van der Waals surface area contributed by atoms with Gasteiger partial charge in [0.25, 0.3) is 0 Å². The molecule has 3 heterocycles. The van der Waals surface area contributed by atoms with Gasteiger partial charge in [-0.1, -0.05) is 48.5 Å². The van der Waals surface area contributed by atoms with Crippen LogP contribution in [0.3, 0.4) is 0 Å². The highest BCUT2D eigenvalue weighted by atomic mass is 16.6. The third-order valence-corrected chi connectivity index (χ3v) is 7.60. The van der Waals surface area contributed by atoms with E-state index in [4.69, 9.17) is 15.2 Å². The third kappa shape index (κ3) is 4.75. The third-order valence-electron chi connectivity index (χ3n) is 7.60. The SMILES string of the molecule is CN(CCNC(=O)OCC1c2ccccc2-c2ccccc21)CC1O[C@@H](n2cnc3c(N)ncnc32)C(O)[C@@H]1O. The Labute approximate surface area is 230 Å². The second kappa shape index (κ2) is 10.8. The van der Waals surface area contributed by atoms with Crippen molar-refractivity contribution in [3.63, 3.8) is 0 Å². The molecule has 4 atom stereocenters. The van der Waals surface area contributed by atoms with Gasteiger partial charge in [-0.15, -0.1) is 0 Å². The summed E-state index contributed by atoms with van der Waals surface area (Å²) >= 11 is 0. The summed E-state index contributed by atoms with van der Waals surface area (Å²) in [5.41, 5.74) is 11.3. The van der Waals surface area contributed by atoms with E-state index >= 15 is 0 Å². The lowest BCUT2D eigenvalue weighted by Gasteiger charge is -2.23. The molecule has 1 saturated heterocycles. The van der Waals surface area contributed by atoms with Crippen LogP contribution in [0, 0.1) is 0 Å². The van der Waals surface area contributed by atoms with Gasteiger partial charge in [0.1, 0.15) is 36.8 Å². The number of hydrogen-bond donors (Lipinski definition) is 4. The van der Waals surface area contributed by atoms with Gasteiger partial charge in [-0.05, 0) is 29.3 Å². The molecule has 6 rings (SSSR count). The molecule has 12 nitrogen and oxygen atoms in total. The largest absolute Gasteiger partial charge is 0.449 e. The van der Waals surface area contributed by atoms with E-state index in [1.165, 1.54) is 23.8 Å². The molecule has 1 aliphatic heterocycles. The average Bonchev–Trinajstić information content (AvgIpc) is 3.61. The molecule has 4 aromatic rings. The second-order valence-corrected chi connectivity index (χ2v) is 10.1. The fourth-order valence-electron chi connectivity index (χ4n) is 5.56. The van der Waals surface area contributed by atoms with Crippen molar-refractivity contribution in [2.75, 3.05) is 39.0 Å². The van der Waals surface area contributed by atoms with E-state index in [1.54, 1.807) is 4.57 Å². The van der Waals surface area contributed by atoms with Gasteiger partial charge in [-0.2, -0.15) is 0 Å². The Hall–Kier alpha value is -4.10. The van der Waals surface area contributed by atoms with E-state index in [9.17, 15) is 15.0 Å². The molecular formula is C28H31N7O5. The van der Waals surface area contributed by atoms with Crippen molar-refractivity contribution in [3.8, 4) is 11.1 Å². The zero-order chi connectivity index (χ0) is 27.8.